The third-order valence-corrected chi connectivity index (χ3v) is 2.87. The molecule has 0 spiro atoms. The van der Waals surface area contributed by atoms with Crippen LogP contribution in [-0.4, -0.2) is 19.5 Å². The maximum Gasteiger partial charge on any atom is 0.220 e. The summed E-state index contributed by atoms with van der Waals surface area (Å²) in [4.78, 5) is 11.2. The standard InChI is InChI=1S/C11H15BrN2O/c1-14-11(15)6-9(7-13)8-2-4-10(12)5-3-8/h2-5,9H,6-7,13H2,1H3,(H,14,15). The van der Waals surface area contributed by atoms with E-state index >= 15 is 0 Å². The summed E-state index contributed by atoms with van der Waals surface area (Å²) >= 11 is 3.37. The summed E-state index contributed by atoms with van der Waals surface area (Å²) in [6, 6.07) is 7.90. The van der Waals surface area contributed by atoms with Gasteiger partial charge in [-0.15, -0.1) is 0 Å². The molecule has 1 unspecified atom stereocenters. The van der Waals surface area contributed by atoms with Crippen LogP contribution in [0.5, 0.6) is 0 Å². The summed E-state index contributed by atoms with van der Waals surface area (Å²) < 4.78 is 1.03. The smallest absolute Gasteiger partial charge is 0.220 e. The Hall–Kier alpha value is -0.870. The Morgan fingerprint density at radius 1 is 1.47 bits per heavy atom. The number of carbonyl (C=O) groups is 1. The Labute approximate surface area is 98.2 Å². The molecular formula is C11H15BrN2O. The van der Waals surface area contributed by atoms with Gasteiger partial charge in [-0.25, -0.2) is 0 Å². The molecule has 82 valence electrons. The van der Waals surface area contributed by atoms with Crippen molar-refractivity contribution in [1.29, 1.82) is 0 Å². The first-order valence-corrected chi connectivity index (χ1v) is 5.62. The van der Waals surface area contributed by atoms with Crippen molar-refractivity contribution in [3.63, 3.8) is 0 Å². The number of hydrogen-bond acceptors (Lipinski definition) is 2. The van der Waals surface area contributed by atoms with Gasteiger partial charge in [0.05, 0.1) is 0 Å². The van der Waals surface area contributed by atoms with Gasteiger partial charge in [-0.2, -0.15) is 0 Å². The lowest BCUT2D eigenvalue weighted by Gasteiger charge is -2.14. The van der Waals surface area contributed by atoms with Crippen LogP contribution in [0.25, 0.3) is 0 Å². The van der Waals surface area contributed by atoms with E-state index in [1.165, 1.54) is 0 Å². The maximum absolute atomic E-state index is 11.2. The van der Waals surface area contributed by atoms with Crippen LogP contribution in [0.1, 0.15) is 17.9 Å². The van der Waals surface area contributed by atoms with E-state index in [0.29, 0.717) is 13.0 Å². The maximum atomic E-state index is 11.2. The molecule has 1 amide bonds. The largest absolute Gasteiger partial charge is 0.359 e. The molecule has 15 heavy (non-hydrogen) atoms. The molecular weight excluding hydrogens is 256 g/mol. The third kappa shape index (κ3) is 3.64. The molecule has 3 nitrogen and oxygen atoms in total. The molecule has 0 aliphatic heterocycles. The van der Waals surface area contributed by atoms with Crippen LogP contribution in [0.15, 0.2) is 28.7 Å². The molecule has 3 N–H and O–H groups in total. The van der Waals surface area contributed by atoms with E-state index < -0.39 is 0 Å². The van der Waals surface area contributed by atoms with Gasteiger partial charge in [0.1, 0.15) is 0 Å². The van der Waals surface area contributed by atoms with Gasteiger partial charge in [0, 0.05) is 23.9 Å². The van der Waals surface area contributed by atoms with Gasteiger partial charge >= 0.3 is 0 Å². The van der Waals surface area contributed by atoms with Crippen molar-refractivity contribution in [2.45, 2.75) is 12.3 Å². The number of hydrogen-bond donors (Lipinski definition) is 2. The predicted octanol–water partition coefficient (Wildman–Crippen LogP) is 1.63. The number of halogens is 1. The monoisotopic (exact) mass is 270 g/mol. The predicted molar refractivity (Wildman–Crippen MR) is 64.6 cm³/mol. The lowest BCUT2D eigenvalue weighted by Crippen LogP contribution is -2.24. The minimum absolute atomic E-state index is 0.0216. The molecule has 0 aliphatic rings. The minimum atomic E-state index is 0.0216. The minimum Gasteiger partial charge on any atom is -0.359 e. The van der Waals surface area contributed by atoms with Gasteiger partial charge < -0.3 is 11.1 Å². The zero-order valence-corrected chi connectivity index (χ0v) is 10.3. The number of benzene rings is 1. The SMILES string of the molecule is CNC(=O)CC(CN)c1ccc(Br)cc1. The normalized spacial score (nSPS) is 12.2. The number of rotatable bonds is 4. The molecule has 0 aliphatic carbocycles. The van der Waals surface area contributed by atoms with Gasteiger partial charge in [-0.3, -0.25) is 4.79 Å². The van der Waals surface area contributed by atoms with Crippen molar-refractivity contribution in [1.82, 2.24) is 5.32 Å². The molecule has 0 radical (unpaired) electrons. The molecule has 0 saturated carbocycles. The van der Waals surface area contributed by atoms with Crippen molar-refractivity contribution in [3.8, 4) is 0 Å². The highest BCUT2D eigenvalue weighted by Gasteiger charge is 2.13. The molecule has 1 atom stereocenters. The van der Waals surface area contributed by atoms with E-state index in [1.807, 2.05) is 24.3 Å². The average Bonchev–Trinajstić information content (AvgIpc) is 2.27. The van der Waals surface area contributed by atoms with Crippen LogP contribution in [-0.2, 0) is 4.79 Å². The molecule has 0 bridgehead atoms. The molecule has 0 aromatic heterocycles. The van der Waals surface area contributed by atoms with Crippen molar-refractivity contribution in [2.24, 2.45) is 5.73 Å². The van der Waals surface area contributed by atoms with Crippen LogP contribution >= 0.6 is 15.9 Å². The fourth-order valence-corrected chi connectivity index (χ4v) is 1.66. The molecule has 0 fully saturated rings. The molecule has 1 aromatic rings. The van der Waals surface area contributed by atoms with Gasteiger partial charge in [-0.05, 0) is 24.2 Å². The van der Waals surface area contributed by atoms with Crippen molar-refractivity contribution < 1.29 is 4.79 Å². The second kappa shape index (κ2) is 5.88. The molecule has 1 rings (SSSR count). The van der Waals surface area contributed by atoms with Crippen LogP contribution in [0, 0.1) is 0 Å². The highest BCUT2D eigenvalue weighted by molar-refractivity contribution is 9.10. The highest BCUT2D eigenvalue weighted by atomic mass is 79.9. The van der Waals surface area contributed by atoms with Crippen LogP contribution in [0.4, 0.5) is 0 Å². The quantitative estimate of drug-likeness (QED) is 0.874. The summed E-state index contributed by atoms with van der Waals surface area (Å²) in [7, 11) is 1.64. The Kier molecular flexibility index (Phi) is 4.78. The zero-order chi connectivity index (χ0) is 11.3. The second-order valence-corrected chi connectivity index (χ2v) is 4.28. The first-order chi connectivity index (χ1) is 7.17. The van der Waals surface area contributed by atoms with E-state index in [9.17, 15) is 4.79 Å². The van der Waals surface area contributed by atoms with Gasteiger partial charge in [0.25, 0.3) is 0 Å². The Morgan fingerprint density at radius 3 is 2.53 bits per heavy atom. The highest BCUT2D eigenvalue weighted by Crippen LogP contribution is 2.20. The molecule has 0 saturated heterocycles. The average molecular weight is 271 g/mol. The Bertz CT molecular complexity index is 324. The van der Waals surface area contributed by atoms with Crippen LogP contribution < -0.4 is 11.1 Å². The molecule has 0 heterocycles. The van der Waals surface area contributed by atoms with E-state index in [-0.39, 0.29) is 11.8 Å². The Balaban J connectivity index is 2.74. The van der Waals surface area contributed by atoms with E-state index in [2.05, 4.69) is 21.2 Å². The van der Waals surface area contributed by atoms with E-state index in [4.69, 9.17) is 5.73 Å². The van der Waals surface area contributed by atoms with Crippen LogP contribution in [0.2, 0.25) is 0 Å². The van der Waals surface area contributed by atoms with Gasteiger partial charge in [0.2, 0.25) is 5.91 Å². The second-order valence-electron chi connectivity index (χ2n) is 3.36. The lowest BCUT2D eigenvalue weighted by molar-refractivity contribution is -0.120. The van der Waals surface area contributed by atoms with Gasteiger partial charge in [0.15, 0.2) is 0 Å². The fraction of sp³-hybridized carbons (Fsp3) is 0.364. The third-order valence-electron chi connectivity index (χ3n) is 2.34. The Morgan fingerprint density at radius 2 is 2.07 bits per heavy atom. The first kappa shape index (κ1) is 12.2. The van der Waals surface area contributed by atoms with Crippen molar-refractivity contribution in [3.05, 3.63) is 34.3 Å². The summed E-state index contributed by atoms with van der Waals surface area (Å²) in [6.45, 7) is 0.481. The van der Waals surface area contributed by atoms with Crippen molar-refractivity contribution in [2.75, 3.05) is 13.6 Å². The molecule has 1 aromatic carbocycles. The number of nitrogens with two attached hydrogens (primary N) is 1. The van der Waals surface area contributed by atoms with Gasteiger partial charge in [-0.1, -0.05) is 28.1 Å². The zero-order valence-electron chi connectivity index (χ0n) is 8.66. The van der Waals surface area contributed by atoms with E-state index in [1.54, 1.807) is 7.05 Å². The molecule has 4 heteroatoms. The summed E-state index contributed by atoms with van der Waals surface area (Å²) in [5.41, 5.74) is 6.76. The van der Waals surface area contributed by atoms with Crippen LogP contribution in [0.3, 0.4) is 0 Å². The van der Waals surface area contributed by atoms with E-state index in [0.717, 1.165) is 10.0 Å². The first-order valence-electron chi connectivity index (χ1n) is 4.83. The lowest BCUT2D eigenvalue weighted by atomic mass is 9.95. The summed E-state index contributed by atoms with van der Waals surface area (Å²) in [5, 5.41) is 2.61. The summed E-state index contributed by atoms with van der Waals surface area (Å²) in [5.74, 6) is 0.117. The fourth-order valence-electron chi connectivity index (χ4n) is 1.40. The summed E-state index contributed by atoms with van der Waals surface area (Å²) in [6.07, 6.45) is 0.439. The number of carbonyl (C=O) groups excluding carboxylic acids is 1. The number of nitrogens with one attached hydrogen (secondary N) is 1. The van der Waals surface area contributed by atoms with Crippen molar-refractivity contribution >= 4 is 21.8 Å². The number of amides is 1. The topological polar surface area (TPSA) is 55.1 Å².